The Balaban J connectivity index is 1.35. The predicted octanol–water partition coefficient (Wildman–Crippen LogP) is 5.65. The molecule has 0 saturated carbocycles. The van der Waals surface area contributed by atoms with Gasteiger partial charge in [-0.2, -0.15) is 8.78 Å². The summed E-state index contributed by atoms with van der Waals surface area (Å²) in [7, 11) is 2.93. The molecule has 3 aromatic carbocycles. The largest absolute Gasteiger partial charge is 0.492 e. The zero-order chi connectivity index (χ0) is 31.2. The number of alkyl halides is 2. The van der Waals surface area contributed by atoms with Gasteiger partial charge in [-0.3, -0.25) is 0 Å². The molecule has 5 rings (SSSR count). The number of nitrogens with zero attached hydrogens (tertiary/aromatic N) is 3. The van der Waals surface area contributed by atoms with Crippen molar-refractivity contribution in [1.29, 1.82) is 0 Å². The van der Waals surface area contributed by atoms with Gasteiger partial charge in [0.25, 0.3) is 0 Å². The number of imidazole rings is 1. The molecule has 0 bridgehead atoms. The summed E-state index contributed by atoms with van der Waals surface area (Å²) in [6, 6.07) is 19.4. The Kier molecular flexibility index (Phi) is 9.63. The average molecular weight is 610 g/mol. The first-order valence-electron chi connectivity index (χ1n) is 13.6. The molecule has 0 atom stereocenters. The Labute approximate surface area is 251 Å². The zero-order valence-electron chi connectivity index (χ0n) is 23.9. The van der Waals surface area contributed by atoms with Crippen LogP contribution in [-0.4, -0.2) is 52.2 Å². The molecule has 0 aliphatic rings. The molecule has 5 aromatic rings. The first-order chi connectivity index (χ1) is 21.3. The lowest BCUT2D eigenvalue weighted by molar-refractivity contribution is -0.0513. The van der Waals surface area contributed by atoms with Crippen LogP contribution < -0.4 is 14.2 Å². The van der Waals surface area contributed by atoms with E-state index in [2.05, 4.69) is 14.7 Å². The highest BCUT2D eigenvalue weighted by Gasteiger charge is 2.17. The molecule has 0 aliphatic heterocycles. The first kappa shape index (κ1) is 30.8. The van der Waals surface area contributed by atoms with Gasteiger partial charge in [0.1, 0.15) is 18.2 Å². The molecule has 44 heavy (non-hydrogen) atoms. The van der Waals surface area contributed by atoms with Crippen molar-refractivity contribution in [3.05, 3.63) is 101 Å². The number of rotatable bonds is 13. The second kappa shape index (κ2) is 13.8. The molecule has 0 amide bonds. The van der Waals surface area contributed by atoms with E-state index in [1.54, 1.807) is 67.8 Å². The van der Waals surface area contributed by atoms with E-state index >= 15 is 4.39 Å². The second-order valence-corrected chi connectivity index (χ2v) is 9.75. The van der Waals surface area contributed by atoms with Crippen LogP contribution in [0.25, 0.3) is 22.3 Å². The number of aromatic nitrogens is 3. The molecule has 12 heteroatoms. The summed E-state index contributed by atoms with van der Waals surface area (Å²) in [5.74, 6) is 0.411. The van der Waals surface area contributed by atoms with Crippen molar-refractivity contribution in [2.45, 2.75) is 32.5 Å². The molecule has 0 saturated heterocycles. The number of hydrogen-bond acceptors (Lipinski definition) is 8. The lowest BCUT2D eigenvalue weighted by Gasteiger charge is -2.14. The smallest absolute Gasteiger partial charge is 0.387 e. The average Bonchev–Trinajstić information content (AvgIpc) is 3.35. The Morgan fingerprint density at radius 1 is 0.909 bits per heavy atom. The number of methoxy groups -OCH3 is 2. The van der Waals surface area contributed by atoms with Gasteiger partial charge in [0.05, 0.1) is 30.4 Å². The summed E-state index contributed by atoms with van der Waals surface area (Å²) in [6.45, 7) is -2.20. The fourth-order valence-corrected chi connectivity index (χ4v) is 4.84. The Hall–Kier alpha value is -4.65. The fourth-order valence-electron chi connectivity index (χ4n) is 4.84. The van der Waals surface area contributed by atoms with E-state index in [0.29, 0.717) is 58.0 Å². The van der Waals surface area contributed by atoms with E-state index in [4.69, 9.17) is 14.2 Å². The number of fused-ring (bicyclic) bond motifs is 1. The molecule has 2 N–H and O–H groups in total. The quantitative estimate of drug-likeness (QED) is 0.165. The SMILES string of the molecule is COCCn1c(Cc2ccc(-c3cccc(OCc4cccc(OC(F)F)c4OC)n3)cc2F)nc2ccc(C(O)O)cc21. The number of benzene rings is 3. The summed E-state index contributed by atoms with van der Waals surface area (Å²) in [6.07, 6.45) is -1.44. The van der Waals surface area contributed by atoms with Crippen molar-refractivity contribution in [1.82, 2.24) is 14.5 Å². The van der Waals surface area contributed by atoms with E-state index < -0.39 is 18.7 Å². The van der Waals surface area contributed by atoms with Crippen molar-refractivity contribution >= 4 is 11.0 Å². The van der Waals surface area contributed by atoms with Crippen LogP contribution in [0.1, 0.15) is 28.8 Å². The van der Waals surface area contributed by atoms with Crippen molar-refractivity contribution < 1.29 is 42.3 Å². The molecule has 0 unspecified atom stereocenters. The van der Waals surface area contributed by atoms with Crippen LogP contribution in [0, 0.1) is 5.82 Å². The predicted molar refractivity (Wildman–Crippen MR) is 155 cm³/mol. The molecular weight excluding hydrogens is 579 g/mol. The van der Waals surface area contributed by atoms with E-state index in [1.807, 2.05) is 4.57 Å². The van der Waals surface area contributed by atoms with Gasteiger partial charge in [-0.25, -0.2) is 14.4 Å². The number of para-hydroxylation sites is 1. The highest BCUT2D eigenvalue weighted by Crippen LogP contribution is 2.33. The minimum atomic E-state index is -3.00. The molecule has 0 radical (unpaired) electrons. The van der Waals surface area contributed by atoms with Gasteiger partial charge in [-0.1, -0.05) is 36.4 Å². The van der Waals surface area contributed by atoms with Gasteiger partial charge >= 0.3 is 6.61 Å². The van der Waals surface area contributed by atoms with E-state index in [-0.39, 0.29) is 30.4 Å². The topological polar surface area (TPSA) is 108 Å². The Bertz CT molecular complexity index is 1740. The van der Waals surface area contributed by atoms with Crippen LogP contribution in [0.4, 0.5) is 13.2 Å². The summed E-state index contributed by atoms with van der Waals surface area (Å²) in [4.78, 5) is 9.15. The van der Waals surface area contributed by atoms with E-state index in [1.165, 1.54) is 19.2 Å². The number of halogens is 3. The van der Waals surface area contributed by atoms with Gasteiger partial charge < -0.3 is 33.7 Å². The van der Waals surface area contributed by atoms with E-state index in [0.717, 1.165) is 0 Å². The third kappa shape index (κ3) is 6.94. The van der Waals surface area contributed by atoms with Gasteiger partial charge in [-0.05, 0) is 35.9 Å². The van der Waals surface area contributed by atoms with Crippen LogP contribution in [0.2, 0.25) is 0 Å². The Morgan fingerprint density at radius 3 is 2.45 bits per heavy atom. The maximum atomic E-state index is 15.4. The highest BCUT2D eigenvalue weighted by molar-refractivity contribution is 5.77. The molecule has 0 spiro atoms. The molecule has 2 aromatic heterocycles. The maximum Gasteiger partial charge on any atom is 0.387 e. The van der Waals surface area contributed by atoms with Crippen LogP contribution in [0.5, 0.6) is 17.4 Å². The molecular formula is C32H30F3N3O6. The lowest BCUT2D eigenvalue weighted by atomic mass is 10.1. The number of aliphatic hydroxyl groups excluding tert-OH is 1. The third-order valence-electron chi connectivity index (χ3n) is 6.95. The van der Waals surface area contributed by atoms with Crippen molar-refractivity contribution in [3.8, 4) is 28.6 Å². The monoisotopic (exact) mass is 609 g/mol. The number of ether oxygens (including phenoxy) is 4. The van der Waals surface area contributed by atoms with Crippen LogP contribution in [-0.2, 0) is 24.3 Å². The minimum absolute atomic E-state index is 0.0316. The third-order valence-corrected chi connectivity index (χ3v) is 6.95. The molecule has 9 nitrogen and oxygen atoms in total. The van der Waals surface area contributed by atoms with Gasteiger partial charge in [0.15, 0.2) is 17.8 Å². The Morgan fingerprint density at radius 2 is 1.73 bits per heavy atom. The summed E-state index contributed by atoms with van der Waals surface area (Å²) >= 11 is 0. The maximum absolute atomic E-state index is 15.4. The number of aliphatic hydroxyl groups is 2. The van der Waals surface area contributed by atoms with E-state index in [9.17, 15) is 19.0 Å². The second-order valence-electron chi connectivity index (χ2n) is 9.75. The zero-order valence-corrected chi connectivity index (χ0v) is 23.9. The van der Waals surface area contributed by atoms with Crippen molar-refractivity contribution in [3.63, 3.8) is 0 Å². The van der Waals surface area contributed by atoms with Crippen molar-refractivity contribution in [2.24, 2.45) is 0 Å². The molecule has 2 heterocycles. The van der Waals surface area contributed by atoms with Gasteiger partial charge in [-0.15, -0.1) is 0 Å². The van der Waals surface area contributed by atoms with Crippen LogP contribution >= 0.6 is 0 Å². The highest BCUT2D eigenvalue weighted by atomic mass is 19.3. The first-order valence-corrected chi connectivity index (χ1v) is 13.6. The summed E-state index contributed by atoms with van der Waals surface area (Å²) in [5.41, 5.74) is 3.54. The van der Waals surface area contributed by atoms with Crippen LogP contribution in [0.15, 0.2) is 72.8 Å². The van der Waals surface area contributed by atoms with Gasteiger partial charge in [0.2, 0.25) is 5.88 Å². The summed E-state index contributed by atoms with van der Waals surface area (Å²) < 4.78 is 63.7. The standard InChI is InChI=1S/C32H30F3N3O6/c1-41-14-13-38-26-16-21(31(39)40)11-12-25(26)36-28(38)17-19-9-10-20(15-23(19)33)24-6-4-8-29(37-24)43-18-22-5-3-7-27(30(22)42-2)44-32(34)35/h3-12,15-16,31-32,39-40H,13-14,17-18H2,1-2H3. The van der Waals surface area contributed by atoms with Crippen molar-refractivity contribution in [2.75, 3.05) is 20.8 Å². The molecule has 230 valence electrons. The molecule has 0 fully saturated rings. The minimum Gasteiger partial charge on any atom is -0.492 e. The molecule has 0 aliphatic carbocycles. The number of hydrogen-bond donors (Lipinski definition) is 2. The van der Waals surface area contributed by atoms with Gasteiger partial charge in [0, 0.05) is 42.8 Å². The lowest BCUT2D eigenvalue weighted by Crippen LogP contribution is -2.10. The normalized spacial score (nSPS) is 11.5. The fraction of sp³-hybridized carbons (Fsp3) is 0.250. The summed E-state index contributed by atoms with van der Waals surface area (Å²) in [5, 5.41) is 19.2. The van der Waals surface area contributed by atoms with Crippen LogP contribution in [0.3, 0.4) is 0 Å². The number of pyridine rings is 1.